The molecule has 0 aliphatic carbocycles. The van der Waals surface area contributed by atoms with Crippen molar-refractivity contribution < 1.29 is 14.3 Å². The number of aryl methyl sites for hydroxylation is 1. The molecule has 1 aromatic heterocycles. The molecule has 0 saturated heterocycles. The number of hydrogen-bond acceptors (Lipinski definition) is 4. The van der Waals surface area contributed by atoms with Crippen LogP contribution in [0.3, 0.4) is 0 Å². The van der Waals surface area contributed by atoms with Crippen molar-refractivity contribution in [3.63, 3.8) is 0 Å². The van der Waals surface area contributed by atoms with Crippen LogP contribution in [-0.4, -0.2) is 16.0 Å². The van der Waals surface area contributed by atoms with Crippen molar-refractivity contribution in [1.82, 2.24) is 4.98 Å². The van der Waals surface area contributed by atoms with Crippen LogP contribution in [0.25, 0.3) is 10.8 Å². The summed E-state index contributed by atoms with van der Waals surface area (Å²) in [6.07, 6.45) is 1.44. The van der Waals surface area contributed by atoms with E-state index in [1.807, 2.05) is 24.3 Å². The minimum absolute atomic E-state index is 0.0792. The summed E-state index contributed by atoms with van der Waals surface area (Å²) >= 11 is 0. The molecule has 1 amide bonds. The lowest BCUT2D eigenvalue weighted by Crippen LogP contribution is -2.12. The molecule has 20 heavy (non-hydrogen) atoms. The average Bonchev–Trinajstić information content (AvgIpc) is 2.83. The van der Waals surface area contributed by atoms with Gasteiger partial charge in [-0.05, 0) is 29.8 Å². The Morgan fingerprint density at radius 1 is 1.25 bits per heavy atom. The van der Waals surface area contributed by atoms with Crippen molar-refractivity contribution in [2.45, 2.75) is 6.92 Å². The van der Waals surface area contributed by atoms with E-state index in [1.54, 1.807) is 19.1 Å². The maximum atomic E-state index is 12.1. The second-order valence-corrected chi connectivity index (χ2v) is 4.46. The van der Waals surface area contributed by atoms with Crippen molar-refractivity contribution in [2.75, 3.05) is 5.32 Å². The van der Waals surface area contributed by atoms with Gasteiger partial charge in [-0.15, -0.1) is 0 Å². The Balaban J connectivity index is 1.96. The molecule has 5 nitrogen and oxygen atoms in total. The van der Waals surface area contributed by atoms with E-state index >= 15 is 0 Å². The van der Waals surface area contributed by atoms with Crippen LogP contribution < -0.4 is 5.32 Å². The predicted molar refractivity (Wildman–Crippen MR) is 74.8 cm³/mol. The van der Waals surface area contributed by atoms with Crippen LogP contribution in [0.2, 0.25) is 0 Å². The summed E-state index contributed by atoms with van der Waals surface area (Å²) in [5, 5.41) is 14.2. The fourth-order valence-corrected chi connectivity index (χ4v) is 1.99. The Morgan fingerprint density at radius 3 is 2.60 bits per heavy atom. The van der Waals surface area contributed by atoms with Gasteiger partial charge in [-0.2, -0.15) is 4.98 Å². The first-order valence-corrected chi connectivity index (χ1v) is 6.09. The van der Waals surface area contributed by atoms with E-state index in [0.717, 1.165) is 10.8 Å². The number of phenols is 1. The van der Waals surface area contributed by atoms with Gasteiger partial charge in [0.2, 0.25) is 0 Å². The van der Waals surface area contributed by atoms with E-state index in [4.69, 9.17) is 4.42 Å². The normalized spacial score (nSPS) is 10.7. The van der Waals surface area contributed by atoms with Gasteiger partial charge < -0.3 is 9.52 Å². The second kappa shape index (κ2) is 4.70. The van der Waals surface area contributed by atoms with Gasteiger partial charge in [0.1, 0.15) is 12.0 Å². The molecule has 0 unspecified atom stereocenters. The summed E-state index contributed by atoms with van der Waals surface area (Å²) in [6, 6.07) is 10.8. The van der Waals surface area contributed by atoms with Crippen molar-refractivity contribution >= 4 is 22.7 Å². The van der Waals surface area contributed by atoms with Crippen LogP contribution in [0.4, 0.5) is 6.01 Å². The number of nitrogens with one attached hydrogen (secondary N) is 1. The molecular formula is C15H12N2O3. The summed E-state index contributed by atoms with van der Waals surface area (Å²) in [5.41, 5.74) is 0.850. The Hall–Kier alpha value is -2.82. The summed E-state index contributed by atoms with van der Waals surface area (Å²) in [6.45, 7) is 1.76. The van der Waals surface area contributed by atoms with Crippen molar-refractivity contribution in [3.8, 4) is 5.75 Å². The molecular weight excluding hydrogens is 256 g/mol. The molecule has 5 heteroatoms. The van der Waals surface area contributed by atoms with Crippen molar-refractivity contribution in [2.24, 2.45) is 0 Å². The number of aromatic hydroxyl groups is 1. The Morgan fingerprint density at radius 2 is 1.95 bits per heavy atom. The quantitative estimate of drug-likeness (QED) is 0.748. The zero-order valence-corrected chi connectivity index (χ0v) is 10.8. The zero-order chi connectivity index (χ0) is 14.1. The molecule has 0 radical (unpaired) electrons. The van der Waals surface area contributed by atoms with Gasteiger partial charge in [0.15, 0.2) is 0 Å². The van der Waals surface area contributed by atoms with Crippen LogP contribution in [0.5, 0.6) is 5.75 Å². The van der Waals surface area contributed by atoms with Crippen molar-refractivity contribution in [1.29, 1.82) is 0 Å². The van der Waals surface area contributed by atoms with Crippen LogP contribution in [-0.2, 0) is 0 Å². The number of phenolic OH excluding ortho intramolecular Hbond substituents is 1. The number of aromatic nitrogens is 1. The summed E-state index contributed by atoms with van der Waals surface area (Å²) in [7, 11) is 0. The molecule has 0 bridgehead atoms. The van der Waals surface area contributed by atoms with Gasteiger partial charge in [0.25, 0.3) is 5.91 Å². The molecule has 0 atom stereocenters. The minimum atomic E-state index is -0.463. The standard InChI is InChI=1S/C15H12N2O3/c1-9-8-20-15(16-9)17-14(19)12-6-10-4-2-3-5-11(10)7-13(12)18/h2-8,18H,1H3,(H,16,17,19). The highest BCUT2D eigenvalue weighted by Crippen LogP contribution is 2.25. The number of oxazole rings is 1. The zero-order valence-electron chi connectivity index (χ0n) is 10.8. The largest absolute Gasteiger partial charge is 0.507 e. The Labute approximate surface area is 114 Å². The number of hydrogen-bond donors (Lipinski definition) is 2. The average molecular weight is 268 g/mol. The van der Waals surface area contributed by atoms with E-state index in [9.17, 15) is 9.90 Å². The first-order valence-electron chi connectivity index (χ1n) is 6.09. The molecule has 2 aromatic carbocycles. The maximum absolute atomic E-state index is 12.1. The summed E-state index contributed by atoms with van der Waals surface area (Å²) in [5.74, 6) is -0.542. The highest BCUT2D eigenvalue weighted by atomic mass is 16.4. The number of amides is 1. The van der Waals surface area contributed by atoms with Crippen LogP contribution in [0, 0.1) is 6.92 Å². The molecule has 100 valence electrons. The fourth-order valence-electron chi connectivity index (χ4n) is 1.99. The topological polar surface area (TPSA) is 75.4 Å². The number of fused-ring (bicyclic) bond motifs is 1. The lowest BCUT2D eigenvalue weighted by Gasteiger charge is -2.06. The number of anilines is 1. The molecule has 3 rings (SSSR count). The molecule has 0 aliphatic heterocycles. The Kier molecular flexibility index (Phi) is 2.87. The molecule has 3 aromatic rings. The van der Waals surface area contributed by atoms with Crippen LogP contribution in [0.1, 0.15) is 16.1 Å². The Bertz CT molecular complexity index is 793. The molecule has 0 aliphatic rings. The predicted octanol–water partition coefficient (Wildman–Crippen LogP) is 3.09. The summed E-state index contributed by atoms with van der Waals surface area (Å²) < 4.78 is 5.06. The van der Waals surface area contributed by atoms with E-state index in [0.29, 0.717) is 5.69 Å². The van der Waals surface area contributed by atoms with E-state index in [-0.39, 0.29) is 17.3 Å². The third-order valence-electron chi connectivity index (χ3n) is 2.95. The molecule has 2 N–H and O–H groups in total. The number of benzene rings is 2. The van der Waals surface area contributed by atoms with Gasteiger partial charge >= 0.3 is 6.01 Å². The first kappa shape index (κ1) is 12.2. The molecule has 0 fully saturated rings. The van der Waals surface area contributed by atoms with Gasteiger partial charge in [0.05, 0.1) is 11.3 Å². The fraction of sp³-hybridized carbons (Fsp3) is 0.0667. The van der Waals surface area contributed by atoms with Gasteiger partial charge in [-0.25, -0.2) is 0 Å². The highest BCUT2D eigenvalue weighted by Gasteiger charge is 2.14. The monoisotopic (exact) mass is 268 g/mol. The molecule has 0 spiro atoms. The maximum Gasteiger partial charge on any atom is 0.301 e. The smallest absolute Gasteiger partial charge is 0.301 e. The highest BCUT2D eigenvalue weighted by molar-refractivity contribution is 6.07. The number of nitrogens with zero attached hydrogens (tertiary/aromatic N) is 1. The second-order valence-electron chi connectivity index (χ2n) is 4.46. The number of rotatable bonds is 2. The minimum Gasteiger partial charge on any atom is -0.507 e. The molecule has 0 saturated carbocycles. The SMILES string of the molecule is Cc1coc(NC(=O)c2cc3ccccc3cc2O)n1. The van der Waals surface area contributed by atoms with E-state index in [2.05, 4.69) is 10.3 Å². The van der Waals surface area contributed by atoms with Crippen LogP contribution >= 0.6 is 0 Å². The van der Waals surface area contributed by atoms with Gasteiger partial charge in [-0.1, -0.05) is 24.3 Å². The third-order valence-corrected chi connectivity index (χ3v) is 2.95. The lowest BCUT2D eigenvalue weighted by atomic mass is 10.1. The first-order chi connectivity index (χ1) is 9.63. The van der Waals surface area contributed by atoms with Crippen molar-refractivity contribution in [3.05, 3.63) is 53.9 Å². The van der Waals surface area contributed by atoms with E-state index in [1.165, 1.54) is 6.26 Å². The van der Waals surface area contributed by atoms with Crippen LogP contribution in [0.15, 0.2) is 47.1 Å². The van der Waals surface area contributed by atoms with Gasteiger partial charge in [0, 0.05) is 0 Å². The number of carbonyl (C=O) groups excluding carboxylic acids is 1. The molecule has 1 heterocycles. The number of carbonyl (C=O) groups is 1. The summed E-state index contributed by atoms with van der Waals surface area (Å²) in [4.78, 5) is 16.1. The lowest BCUT2D eigenvalue weighted by molar-refractivity contribution is 0.102. The third kappa shape index (κ3) is 2.21. The van der Waals surface area contributed by atoms with E-state index < -0.39 is 5.91 Å². The van der Waals surface area contributed by atoms with Gasteiger partial charge in [-0.3, -0.25) is 10.1 Å².